The number of amides is 3. The molecule has 1 rings (SSSR count). The molecule has 0 aromatic rings. The third-order valence-corrected chi connectivity index (χ3v) is 4.76. The van der Waals surface area contributed by atoms with E-state index in [2.05, 4.69) is 15.4 Å². The number of nitrogens with one attached hydrogen (secondary N) is 2. The molecular weight excluding hydrogens is 395 g/mol. The number of hydrogen-bond donors (Lipinski definition) is 2. The fourth-order valence-corrected chi connectivity index (χ4v) is 3.14. The van der Waals surface area contributed by atoms with Crippen LogP contribution in [0.5, 0.6) is 0 Å². The van der Waals surface area contributed by atoms with Gasteiger partial charge in [0.2, 0.25) is 11.8 Å². The first kappa shape index (κ1) is 24.7. The summed E-state index contributed by atoms with van der Waals surface area (Å²) in [6, 6.07) is -3.73. The molecule has 3 atom stereocenters. The molecule has 1 aliphatic heterocycles. The van der Waals surface area contributed by atoms with Gasteiger partial charge in [0.15, 0.2) is 0 Å². The molecule has 0 bridgehead atoms. The number of alkyl halides is 3. The highest BCUT2D eigenvalue weighted by Crippen LogP contribution is 2.24. The van der Waals surface area contributed by atoms with Gasteiger partial charge in [0.1, 0.15) is 12.1 Å². The van der Waals surface area contributed by atoms with E-state index in [-0.39, 0.29) is 18.9 Å². The third-order valence-electron chi connectivity index (χ3n) is 4.76. The van der Waals surface area contributed by atoms with Crippen molar-refractivity contribution >= 4 is 23.7 Å². The van der Waals surface area contributed by atoms with Crippen LogP contribution < -0.4 is 10.6 Å². The van der Waals surface area contributed by atoms with Gasteiger partial charge in [0.25, 0.3) is 5.78 Å². The summed E-state index contributed by atoms with van der Waals surface area (Å²) in [6.07, 6.45) is -5.19. The van der Waals surface area contributed by atoms with Gasteiger partial charge in [0, 0.05) is 6.54 Å². The Morgan fingerprint density at radius 3 is 2.00 bits per heavy atom. The zero-order chi connectivity index (χ0) is 22.5. The highest BCUT2D eigenvalue weighted by atomic mass is 19.4. The topological polar surface area (TPSA) is 105 Å². The largest absolute Gasteiger partial charge is 0.453 e. The summed E-state index contributed by atoms with van der Waals surface area (Å²) in [5.74, 6) is -4.51. The number of carbonyl (C=O) groups is 4. The van der Waals surface area contributed by atoms with Crippen LogP contribution in [0.4, 0.5) is 18.0 Å². The maximum absolute atomic E-state index is 12.9. The lowest BCUT2D eigenvalue weighted by molar-refractivity contribution is -0.175. The van der Waals surface area contributed by atoms with Crippen molar-refractivity contribution in [3.8, 4) is 0 Å². The predicted molar refractivity (Wildman–Crippen MR) is 96.7 cm³/mol. The van der Waals surface area contributed by atoms with Crippen LogP contribution in [-0.4, -0.2) is 66.5 Å². The number of methoxy groups -OCH3 is 1. The summed E-state index contributed by atoms with van der Waals surface area (Å²) in [6.45, 7) is 6.38. The van der Waals surface area contributed by atoms with Gasteiger partial charge in [-0.1, -0.05) is 27.7 Å². The fraction of sp³-hybridized carbons (Fsp3) is 0.778. The van der Waals surface area contributed by atoms with Gasteiger partial charge in [-0.3, -0.25) is 14.4 Å². The van der Waals surface area contributed by atoms with Crippen LogP contribution in [0.15, 0.2) is 0 Å². The summed E-state index contributed by atoms with van der Waals surface area (Å²) >= 11 is 0. The average molecular weight is 423 g/mol. The molecule has 8 nitrogen and oxygen atoms in total. The first-order valence-electron chi connectivity index (χ1n) is 9.37. The molecule has 166 valence electrons. The molecule has 0 saturated carbocycles. The molecule has 0 unspecified atom stereocenters. The Hall–Kier alpha value is -2.33. The molecule has 2 N–H and O–H groups in total. The SMILES string of the molecule is COC(=O)N[C@H](C(=O)N1CCC[C@H]1C(=O)N[C@@H](C(=O)C(F)(F)F)C(C)C)C(C)C. The second-order valence-electron chi connectivity index (χ2n) is 7.64. The maximum Gasteiger partial charge on any atom is 0.452 e. The van der Waals surface area contributed by atoms with E-state index in [9.17, 15) is 32.3 Å². The number of rotatable bonds is 7. The lowest BCUT2D eigenvalue weighted by Gasteiger charge is -2.31. The maximum atomic E-state index is 12.9. The molecule has 1 aliphatic rings. The third kappa shape index (κ3) is 6.33. The molecule has 0 aromatic heterocycles. The van der Waals surface area contributed by atoms with E-state index in [4.69, 9.17) is 0 Å². The molecule has 0 aromatic carbocycles. The highest BCUT2D eigenvalue weighted by molar-refractivity contribution is 5.96. The van der Waals surface area contributed by atoms with Gasteiger partial charge < -0.3 is 20.3 Å². The summed E-state index contributed by atoms with van der Waals surface area (Å²) in [7, 11) is 1.15. The quantitative estimate of drug-likeness (QED) is 0.648. The summed E-state index contributed by atoms with van der Waals surface area (Å²) < 4.78 is 43.0. The van der Waals surface area contributed by atoms with Crippen LogP contribution in [0.2, 0.25) is 0 Å². The normalized spacial score (nSPS) is 19.1. The van der Waals surface area contributed by atoms with Crippen LogP contribution in [0.3, 0.4) is 0 Å². The number of halogens is 3. The molecular formula is C18H28F3N3O5. The van der Waals surface area contributed by atoms with E-state index in [0.717, 1.165) is 7.11 Å². The minimum absolute atomic E-state index is 0.211. The van der Waals surface area contributed by atoms with Crippen molar-refractivity contribution < 1.29 is 37.1 Å². The standard InChI is InChI=1S/C18H28F3N3O5/c1-9(2)12(14(25)18(19,20)21)22-15(26)11-7-6-8-24(11)16(27)13(10(3)4)23-17(28)29-5/h9-13H,6-8H2,1-5H3,(H,22,26)(H,23,28)/t11-,12+,13-/m0/s1. The minimum atomic E-state index is -5.08. The van der Waals surface area contributed by atoms with Crippen LogP contribution in [0.25, 0.3) is 0 Å². The van der Waals surface area contributed by atoms with Gasteiger partial charge in [-0.15, -0.1) is 0 Å². The van der Waals surface area contributed by atoms with Gasteiger partial charge in [-0.2, -0.15) is 13.2 Å². The Kier molecular flexibility index (Phi) is 8.46. The van der Waals surface area contributed by atoms with Crippen molar-refractivity contribution in [1.29, 1.82) is 0 Å². The Morgan fingerprint density at radius 2 is 1.55 bits per heavy atom. The van der Waals surface area contributed by atoms with E-state index in [1.165, 1.54) is 18.7 Å². The fourth-order valence-electron chi connectivity index (χ4n) is 3.14. The first-order chi connectivity index (χ1) is 13.3. The molecule has 11 heteroatoms. The molecule has 29 heavy (non-hydrogen) atoms. The van der Waals surface area contributed by atoms with Gasteiger partial charge >= 0.3 is 12.3 Å². The van der Waals surface area contributed by atoms with E-state index >= 15 is 0 Å². The van der Waals surface area contributed by atoms with E-state index in [0.29, 0.717) is 6.42 Å². The molecule has 0 radical (unpaired) electrons. The Morgan fingerprint density at radius 1 is 1.00 bits per heavy atom. The molecule has 1 fully saturated rings. The second-order valence-corrected chi connectivity index (χ2v) is 7.64. The number of ether oxygens (including phenoxy) is 1. The van der Waals surface area contributed by atoms with Crippen molar-refractivity contribution in [2.45, 2.75) is 64.8 Å². The minimum Gasteiger partial charge on any atom is -0.453 e. The smallest absolute Gasteiger partial charge is 0.452 e. The summed E-state index contributed by atoms with van der Waals surface area (Å²) in [5, 5.41) is 4.57. The summed E-state index contributed by atoms with van der Waals surface area (Å²) in [4.78, 5) is 49.9. The molecule has 1 heterocycles. The van der Waals surface area contributed by atoms with Crippen LogP contribution in [0.1, 0.15) is 40.5 Å². The Bertz CT molecular complexity index is 637. The Balaban J connectivity index is 2.99. The monoisotopic (exact) mass is 423 g/mol. The van der Waals surface area contributed by atoms with Gasteiger partial charge in [0.05, 0.1) is 13.2 Å². The predicted octanol–water partition coefficient (Wildman–Crippen LogP) is 1.63. The van der Waals surface area contributed by atoms with Crippen LogP contribution in [-0.2, 0) is 19.1 Å². The number of alkyl carbamates (subject to hydrolysis) is 1. The number of carbonyl (C=O) groups excluding carboxylic acids is 4. The van der Waals surface area contributed by atoms with Crippen molar-refractivity contribution in [3.05, 3.63) is 0 Å². The van der Waals surface area contributed by atoms with Crippen molar-refractivity contribution in [2.24, 2.45) is 11.8 Å². The average Bonchev–Trinajstić information content (AvgIpc) is 3.11. The van der Waals surface area contributed by atoms with Gasteiger partial charge in [-0.25, -0.2) is 4.79 Å². The number of Topliss-reactive ketones (excluding diaryl/α,β-unsaturated/α-hetero) is 1. The zero-order valence-electron chi connectivity index (χ0n) is 17.1. The molecule has 0 spiro atoms. The number of ketones is 1. The Labute approximate surface area is 167 Å². The van der Waals surface area contributed by atoms with Crippen molar-refractivity contribution in [1.82, 2.24) is 15.5 Å². The molecule has 0 aliphatic carbocycles. The van der Waals surface area contributed by atoms with E-state index in [1.54, 1.807) is 13.8 Å². The van der Waals surface area contributed by atoms with E-state index in [1.807, 2.05) is 0 Å². The highest BCUT2D eigenvalue weighted by Gasteiger charge is 2.46. The van der Waals surface area contributed by atoms with Crippen LogP contribution >= 0.6 is 0 Å². The molecule has 3 amide bonds. The number of hydrogen-bond acceptors (Lipinski definition) is 5. The number of likely N-dealkylation sites (tertiary alicyclic amines) is 1. The first-order valence-corrected chi connectivity index (χ1v) is 9.37. The van der Waals surface area contributed by atoms with Crippen molar-refractivity contribution in [3.63, 3.8) is 0 Å². The van der Waals surface area contributed by atoms with Crippen molar-refractivity contribution in [2.75, 3.05) is 13.7 Å². The van der Waals surface area contributed by atoms with E-state index < -0.39 is 53.9 Å². The second kappa shape index (κ2) is 9.93. The van der Waals surface area contributed by atoms with Crippen LogP contribution in [0, 0.1) is 11.8 Å². The van der Waals surface area contributed by atoms with Gasteiger partial charge in [-0.05, 0) is 24.7 Å². The number of nitrogens with zero attached hydrogens (tertiary/aromatic N) is 1. The summed E-state index contributed by atoms with van der Waals surface area (Å²) in [5.41, 5.74) is 0. The lowest BCUT2D eigenvalue weighted by Crippen LogP contribution is -2.58. The lowest BCUT2D eigenvalue weighted by atomic mass is 9.98. The zero-order valence-corrected chi connectivity index (χ0v) is 17.1. The molecule has 1 saturated heterocycles.